The smallest absolute Gasteiger partial charge is 0.258 e. The summed E-state index contributed by atoms with van der Waals surface area (Å²) in [5.74, 6) is -2.19. The lowest BCUT2D eigenvalue weighted by Crippen LogP contribution is -2.60. The summed E-state index contributed by atoms with van der Waals surface area (Å²) in [6.07, 6.45) is 2.63. The van der Waals surface area contributed by atoms with Gasteiger partial charge >= 0.3 is 0 Å². The van der Waals surface area contributed by atoms with E-state index in [1.807, 2.05) is 43.3 Å². The summed E-state index contributed by atoms with van der Waals surface area (Å²) in [5.41, 5.74) is 3.52. The van der Waals surface area contributed by atoms with E-state index in [0.29, 0.717) is 35.7 Å². The number of ether oxygens (including phenoxy) is 1. The van der Waals surface area contributed by atoms with E-state index >= 15 is 0 Å². The van der Waals surface area contributed by atoms with Gasteiger partial charge in [-0.1, -0.05) is 46.3 Å². The van der Waals surface area contributed by atoms with Crippen molar-refractivity contribution in [2.75, 3.05) is 41.4 Å². The van der Waals surface area contributed by atoms with Crippen LogP contribution < -0.4 is 15.1 Å². The molecule has 1 saturated carbocycles. The first-order valence-electron chi connectivity index (χ1n) is 14.2. The lowest BCUT2D eigenvalue weighted by atomic mass is 9.60. The fourth-order valence-electron chi connectivity index (χ4n) is 6.28. The molecule has 41 heavy (non-hydrogen) atoms. The largest absolute Gasteiger partial charge is 0.376 e. The molecular formula is C31H34BrF2N5O2. The van der Waals surface area contributed by atoms with Crippen molar-refractivity contribution in [2.24, 2.45) is 5.41 Å². The fraction of sp³-hybridized carbons (Fsp3) is 0.452. The number of carbonyl (C=O) groups excluding carboxylic acids is 1. The van der Waals surface area contributed by atoms with Gasteiger partial charge in [0.05, 0.1) is 24.5 Å². The molecule has 1 N–H and O–H groups in total. The SMILES string of the molecule is Cc1cc(NC(=O)c2ccc(Br)cc2N2CCC3(COCc4ccccc4)CC2C3)nc(N2CCC(F)(F)CC2)n1. The molecule has 3 saturated heterocycles. The van der Waals surface area contributed by atoms with Crippen LogP contribution >= 0.6 is 15.9 Å². The number of hydrogen-bond donors (Lipinski definition) is 1. The van der Waals surface area contributed by atoms with Gasteiger partial charge in [0, 0.05) is 54.8 Å². The Labute approximate surface area is 247 Å². The summed E-state index contributed by atoms with van der Waals surface area (Å²) in [4.78, 5) is 26.6. The van der Waals surface area contributed by atoms with Gasteiger partial charge in [0.15, 0.2) is 0 Å². The molecule has 0 unspecified atom stereocenters. The molecule has 0 atom stereocenters. The third-order valence-corrected chi connectivity index (χ3v) is 9.05. The topological polar surface area (TPSA) is 70.6 Å². The number of fused-ring (bicyclic) bond motifs is 2. The second-order valence-electron chi connectivity index (χ2n) is 11.6. The van der Waals surface area contributed by atoms with E-state index in [1.165, 1.54) is 5.56 Å². The monoisotopic (exact) mass is 625 g/mol. The van der Waals surface area contributed by atoms with Crippen LogP contribution in [0.4, 0.5) is 26.2 Å². The van der Waals surface area contributed by atoms with Crippen LogP contribution in [0.3, 0.4) is 0 Å². The van der Waals surface area contributed by atoms with Crippen molar-refractivity contribution in [3.05, 3.63) is 75.9 Å². The highest BCUT2D eigenvalue weighted by molar-refractivity contribution is 9.10. The number of amides is 1. The highest BCUT2D eigenvalue weighted by atomic mass is 79.9. The first-order valence-corrected chi connectivity index (χ1v) is 15.0. The molecule has 3 aromatic rings. The Morgan fingerprint density at radius 3 is 2.51 bits per heavy atom. The molecule has 0 radical (unpaired) electrons. The molecule has 2 aromatic carbocycles. The highest BCUT2D eigenvalue weighted by Gasteiger charge is 2.51. The van der Waals surface area contributed by atoms with Gasteiger partial charge in [-0.05, 0) is 55.4 Å². The number of halogens is 3. The van der Waals surface area contributed by atoms with Gasteiger partial charge in [-0.25, -0.2) is 13.8 Å². The first-order chi connectivity index (χ1) is 19.7. The lowest BCUT2D eigenvalue weighted by Gasteiger charge is -2.58. The molecule has 1 aromatic heterocycles. The number of anilines is 3. The van der Waals surface area contributed by atoms with Crippen LogP contribution in [-0.4, -0.2) is 54.1 Å². The van der Waals surface area contributed by atoms with E-state index in [1.54, 1.807) is 11.0 Å². The van der Waals surface area contributed by atoms with Crippen molar-refractivity contribution in [1.82, 2.24) is 9.97 Å². The van der Waals surface area contributed by atoms with E-state index in [-0.39, 0.29) is 37.3 Å². The molecule has 1 aliphatic carbocycles. The Balaban J connectivity index is 1.12. The minimum Gasteiger partial charge on any atom is -0.376 e. The number of aryl methyl sites for hydroxylation is 1. The quantitative estimate of drug-likeness (QED) is 0.304. The van der Waals surface area contributed by atoms with Gasteiger partial charge in [-0.2, -0.15) is 4.98 Å². The Hall–Kier alpha value is -3.11. The van der Waals surface area contributed by atoms with Gasteiger partial charge in [-0.15, -0.1) is 0 Å². The van der Waals surface area contributed by atoms with Gasteiger partial charge < -0.3 is 19.9 Å². The van der Waals surface area contributed by atoms with E-state index in [4.69, 9.17) is 4.74 Å². The third kappa shape index (κ3) is 6.23. The molecule has 0 spiro atoms. The summed E-state index contributed by atoms with van der Waals surface area (Å²) < 4.78 is 34.4. The van der Waals surface area contributed by atoms with Crippen LogP contribution in [0.2, 0.25) is 0 Å². The molecule has 4 aliphatic rings. The summed E-state index contributed by atoms with van der Waals surface area (Å²) in [6.45, 7) is 4.40. The molecule has 7 rings (SSSR count). The summed E-state index contributed by atoms with van der Waals surface area (Å²) in [6, 6.07) is 18.0. The maximum absolute atomic E-state index is 13.7. The second kappa shape index (κ2) is 11.3. The van der Waals surface area contributed by atoms with Crippen LogP contribution in [0.5, 0.6) is 0 Å². The Morgan fingerprint density at radius 1 is 1.05 bits per heavy atom. The first kappa shape index (κ1) is 28.0. The van der Waals surface area contributed by atoms with Crippen LogP contribution in [-0.2, 0) is 11.3 Å². The zero-order valence-corrected chi connectivity index (χ0v) is 24.7. The summed E-state index contributed by atoms with van der Waals surface area (Å²) in [7, 11) is 0. The summed E-state index contributed by atoms with van der Waals surface area (Å²) in [5, 5.41) is 2.95. The molecule has 2 bridgehead atoms. The van der Waals surface area contributed by atoms with Crippen LogP contribution in [0.25, 0.3) is 0 Å². The second-order valence-corrected chi connectivity index (χ2v) is 12.6. The average molecular weight is 627 g/mol. The van der Waals surface area contributed by atoms with Gasteiger partial charge in [0.1, 0.15) is 5.82 Å². The van der Waals surface area contributed by atoms with Crippen molar-refractivity contribution in [1.29, 1.82) is 0 Å². The van der Waals surface area contributed by atoms with Crippen molar-refractivity contribution in [3.8, 4) is 0 Å². The average Bonchev–Trinajstić information content (AvgIpc) is 2.93. The molecule has 7 nitrogen and oxygen atoms in total. The number of benzene rings is 2. The minimum atomic E-state index is -2.65. The standard InChI is InChI=1S/C31H34BrF2N5O2/c1-21-15-27(37-29(35-21)38-12-10-31(33,34)11-13-38)36-28(40)25-8-7-23(32)16-26(25)39-14-9-30(17-24(39)18-30)20-41-19-22-5-3-2-4-6-22/h2-8,15-16,24H,9-14,17-20H2,1H3,(H,35,36,37,40). The number of nitrogens with one attached hydrogen (secondary N) is 1. The third-order valence-electron chi connectivity index (χ3n) is 8.56. The Bertz CT molecular complexity index is 1400. The molecule has 4 heterocycles. The number of aromatic nitrogens is 2. The maximum atomic E-state index is 13.7. The number of alkyl halides is 2. The molecule has 216 valence electrons. The molecule has 4 fully saturated rings. The summed E-state index contributed by atoms with van der Waals surface area (Å²) >= 11 is 3.59. The van der Waals surface area contributed by atoms with E-state index < -0.39 is 5.92 Å². The van der Waals surface area contributed by atoms with Crippen LogP contribution in [0.1, 0.15) is 53.7 Å². The number of nitrogens with zero attached hydrogens (tertiary/aromatic N) is 4. The van der Waals surface area contributed by atoms with Crippen molar-refractivity contribution < 1.29 is 18.3 Å². The van der Waals surface area contributed by atoms with Gasteiger partial charge in [0.25, 0.3) is 11.8 Å². The molecule has 1 amide bonds. The van der Waals surface area contributed by atoms with Crippen molar-refractivity contribution in [3.63, 3.8) is 0 Å². The van der Waals surface area contributed by atoms with Crippen molar-refractivity contribution in [2.45, 2.75) is 57.6 Å². The number of rotatable bonds is 8. The maximum Gasteiger partial charge on any atom is 0.258 e. The zero-order valence-electron chi connectivity index (χ0n) is 23.1. The Kier molecular flexibility index (Phi) is 7.72. The molecular weight excluding hydrogens is 592 g/mol. The molecule has 10 heteroatoms. The number of hydrogen-bond acceptors (Lipinski definition) is 6. The lowest BCUT2D eigenvalue weighted by molar-refractivity contribution is -0.0468. The van der Waals surface area contributed by atoms with Gasteiger partial charge in [-0.3, -0.25) is 4.79 Å². The fourth-order valence-corrected chi connectivity index (χ4v) is 6.63. The van der Waals surface area contributed by atoms with Crippen LogP contribution in [0.15, 0.2) is 59.1 Å². The number of piperidine rings is 3. The van der Waals surface area contributed by atoms with E-state index in [2.05, 4.69) is 48.2 Å². The predicted octanol–water partition coefficient (Wildman–Crippen LogP) is 6.61. The van der Waals surface area contributed by atoms with E-state index in [0.717, 1.165) is 42.6 Å². The van der Waals surface area contributed by atoms with E-state index in [9.17, 15) is 13.6 Å². The predicted molar refractivity (Wildman–Crippen MR) is 159 cm³/mol. The zero-order chi connectivity index (χ0) is 28.6. The minimum absolute atomic E-state index is 0.176. The normalized spacial score (nSPS) is 23.2. The van der Waals surface area contributed by atoms with Crippen molar-refractivity contribution >= 4 is 39.3 Å². The Morgan fingerprint density at radius 2 is 1.80 bits per heavy atom. The van der Waals surface area contributed by atoms with Gasteiger partial charge in [0.2, 0.25) is 5.95 Å². The number of carbonyl (C=O) groups is 1. The highest BCUT2D eigenvalue weighted by Crippen LogP contribution is 2.52. The van der Waals surface area contributed by atoms with Crippen LogP contribution in [0, 0.1) is 12.3 Å². The molecule has 3 aliphatic heterocycles.